The second-order valence-electron chi connectivity index (χ2n) is 4.75. The third kappa shape index (κ3) is 3.76. The molecule has 0 aliphatic rings. The number of aliphatic hydroxyl groups excluding tert-OH is 1. The minimum Gasteiger partial charge on any atom is -0.391 e. The van der Waals surface area contributed by atoms with Crippen LogP contribution in [0.15, 0.2) is 10.3 Å². The van der Waals surface area contributed by atoms with Gasteiger partial charge in [-0.05, 0) is 37.0 Å². The molecule has 0 aliphatic heterocycles. The van der Waals surface area contributed by atoms with Crippen molar-refractivity contribution in [3.8, 4) is 0 Å². The summed E-state index contributed by atoms with van der Waals surface area (Å²) in [6.45, 7) is 6.06. The Hall–Kier alpha value is -0.0800. The molecule has 0 bridgehead atoms. The zero-order valence-electron chi connectivity index (χ0n) is 12.4. The van der Waals surface area contributed by atoms with Crippen molar-refractivity contribution in [1.82, 2.24) is 4.72 Å². The van der Waals surface area contributed by atoms with Gasteiger partial charge in [0.05, 0.1) is 11.5 Å². The molecule has 4 nitrogen and oxygen atoms in total. The van der Waals surface area contributed by atoms with Crippen LogP contribution >= 0.6 is 23.1 Å². The first kappa shape index (κ1) is 18.0. The first-order chi connectivity index (χ1) is 9.35. The lowest BCUT2D eigenvalue weighted by Gasteiger charge is -2.29. The fourth-order valence-electron chi connectivity index (χ4n) is 2.12. The molecule has 1 rings (SSSR count). The van der Waals surface area contributed by atoms with Crippen LogP contribution in [0, 0.1) is 6.92 Å². The van der Waals surface area contributed by atoms with E-state index < -0.39 is 10.0 Å². The lowest BCUT2D eigenvalue weighted by Crippen LogP contribution is -2.39. The Morgan fingerprint density at radius 2 is 2.00 bits per heavy atom. The summed E-state index contributed by atoms with van der Waals surface area (Å²) in [5, 5.41) is 11.0. The Kier molecular flexibility index (Phi) is 6.53. The maximum Gasteiger partial charge on any atom is 0.242 e. The smallest absolute Gasteiger partial charge is 0.242 e. The quantitative estimate of drug-likeness (QED) is 0.765. The largest absolute Gasteiger partial charge is 0.391 e. The molecule has 0 amide bonds. The highest BCUT2D eigenvalue weighted by Crippen LogP contribution is 2.31. The van der Waals surface area contributed by atoms with Gasteiger partial charge in [-0.2, -0.15) is 11.8 Å². The van der Waals surface area contributed by atoms with Crippen molar-refractivity contribution < 1.29 is 13.5 Å². The zero-order chi connectivity index (χ0) is 15.4. The highest BCUT2D eigenvalue weighted by molar-refractivity contribution is 8.00. The topological polar surface area (TPSA) is 66.4 Å². The lowest BCUT2D eigenvalue weighted by molar-refractivity contribution is 0.282. The number of hydrogen-bond acceptors (Lipinski definition) is 5. The molecule has 116 valence electrons. The Morgan fingerprint density at radius 1 is 1.40 bits per heavy atom. The number of hydrogen-bond donors (Lipinski definition) is 2. The van der Waals surface area contributed by atoms with E-state index in [9.17, 15) is 13.5 Å². The summed E-state index contributed by atoms with van der Waals surface area (Å²) in [5.74, 6) is 0. The summed E-state index contributed by atoms with van der Waals surface area (Å²) < 4.78 is 27.6. The van der Waals surface area contributed by atoms with E-state index in [0.29, 0.717) is 17.0 Å². The summed E-state index contributed by atoms with van der Waals surface area (Å²) in [6.07, 6.45) is 3.82. The number of aliphatic hydroxyl groups is 1. The minimum atomic E-state index is -3.57. The predicted molar refractivity (Wildman–Crippen MR) is 87.0 cm³/mol. The van der Waals surface area contributed by atoms with Crippen LogP contribution in [0.2, 0.25) is 0 Å². The van der Waals surface area contributed by atoms with Crippen molar-refractivity contribution >= 4 is 33.1 Å². The van der Waals surface area contributed by atoms with E-state index >= 15 is 0 Å². The fourth-order valence-corrected chi connectivity index (χ4v) is 5.79. The van der Waals surface area contributed by atoms with Crippen LogP contribution in [0.25, 0.3) is 0 Å². The highest BCUT2D eigenvalue weighted by Gasteiger charge is 2.29. The van der Waals surface area contributed by atoms with Crippen LogP contribution in [0.4, 0.5) is 0 Å². The number of thiophene rings is 1. The fraction of sp³-hybridized carbons (Fsp3) is 0.692. The summed E-state index contributed by atoms with van der Waals surface area (Å²) in [7, 11) is -3.57. The third-order valence-corrected chi connectivity index (χ3v) is 8.14. The molecule has 20 heavy (non-hydrogen) atoms. The maximum absolute atomic E-state index is 12.5. The molecule has 2 N–H and O–H groups in total. The van der Waals surface area contributed by atoms with Crippen LogP contribution in [-0.2, 0) is 16.6 Å². The normalized spacial score (nSPS) is 12.8. The molecule has 0 radical (unpaired) electrons. The Labute approximate surface area is 130 Å². The van der Waals surface area contributed by atoms with Crippen LogP contribution in [0.3, 0.4) is 0 Å². The molecule has 0 atom stereocenters. The third-order valence-electron chi connectivity index (χ3n) is 3.71. The molecule has 1 aromatic rings. The highest BCUT2D eigenvalue weighted by atomic mass is 32.2. The van der Waals surface area contributed by atoms with Crippen molar-refractivity contribution in [2.75, 3.05) is 12.8 Å². The minimum absolute atomic E-state index is 0.0730. The Balaban J connectivity index is 2.99. The van der Waals surface area contributed by atoms with Gasteiger partial charge in [-0.15, -0.1) is 11.3 Å². The van der Waals surface area contributed by atoms with E-state index in [1.54, 1.807) is 24.1 Å². The molecule has 0 fully saturated rings. The van der Waals surface area contributed by atoms with Crippen molar-refractivity contribution in [3.05, 3.63) is 15.8 Å². The van der Waals surface area contributed by atoms with E-state index in [-0.39, 0.29) is 16.2 Å². The van der Waals surface area contributed by atoms with Crippen LogP contribution < -0.4 is 4.72 Å². The van der Waals surface area contributed by atoms with Crippen LogP contribution in [-0.4, -0.2) is 31.1 Å². The SMILES string of the molecule is CCC(CC)(CNS(=O)(=O)c1c(C)csc1CO)SC. The molecule has 0 aliphatic carbocycles. The second-order valence-corrected chi connectivity index (χ2v) is 8.69. The van der Waals surface area contributed by atoms with E-state index in [2.05, 4.69) is 18.6 Å². The molecule has 1 heterocycles. The monoisotopic (exact) mass is 337 g/mol. The van der Waals surface area contributed by atoms with Gasteiger partial charge in [-0.1, -0.05) is 13.8 Å². The van der Waals surface area contributed by atoms with Gasteiger partial charge in [0.25, 0.3) is 0 Å². The van der Waals surface area contributed by atoms with Gasteiger partial charge in [-0.25, -0.2) is 13.1 Å². The van der Waals surface area contributed by atoms with Crippen LogP contribution in [0.5, 0.6) is 0 Å². The molecule has 0 aromatic carbocycles. The molecular formula is C13H23NO3S3. The number of nitrogens with one attached hydrogen (secondary N) is 1. The summed E-state index contributed by atoms with van der Waals surface area (Å²) in [4.78, 5) is 0.741. The molecule has 0 saturated heterocycles. The van der Waals surface area contributed by atoms with Crippen molar-refractivity contribution in [2.24, 2.45) is 0 Å². The number of aryl methyl sites for hydroxylation is 1. The molecule has 7 heteroatoms. The van der Waals surface area contributed by atoms with Gasteiger partial charge < -0.3 is 5.11 Å². The number of thioether (sulfide) groups is 1. The number of rotatable bonds is 8. The van der Waals surface area contributed by atoms with Gasteiger partial charge in [-0.3, -0.25) is 0 Å². The Bertz CT molecular complexity index is 525. The van der Waals surface area contributed by atoms with Gasteiger partial charge in [0, 0.05) is 11.3 Å². The van der Waals surface area contributed by atoms with Gasteiger partial charge in [0.2, 0.25) is 10.0 Å². The van der Waals surface area contributed by atoms with Crippen LogP contribution in [0.1, 0.15) is 37.1 Å². The van der Waals surface area contributed by atoms with E-state index in [4.69, 9.17) is 0 Å². The van der Waals surface area contributed by atoms with E-state index in [1.165, 1.54) is 11.3 Å². The molecule has 0 saturated carbocycles. The maximum atomic E-state index is 12.5. The van der Waals surface area contributed by atoms with Crippen molar-refractivity contribution in [1.29, 1.82) is 0 Å². The zero-order valence-corrected chi connectivity index (χ0v) is 14.8. The number of sulfonamides is 1. The lowest BCUT2D eigenvalue weighted by atomic mass is 10.0. The summed E-state index contributed by atoms with van der Waals surface area (Å²) >= 11 is 2.98. The average molecular weight is 338 g/mol. The predicted octanol–water partition coefficient (Wildman–Crippen LogP) is 2.75. The molecule has 0 unspecified atom stereocenters. The van der Waals surface area contributed by atoms with Crippen molar-refractivity contribution in [2.45, 2.75) is 49.9 Å². The van der Waals surface area contributed by atoms with Crippen molar-refractivity contribution in [3.63, 3.8) is 0 Å². The first-order valence-corrected chi connectivity index (χ1v) is 10.2. The van der Waals surface area contributed by atoms with Gasteiger partial charge in [0.1, 0.15) is 4.90 Å². The molecule has 1 aromatic heterocycles. The van der Waals surface area contributed by atoms with E-state index in [1.807, 2.05) is 6.26 Å². The van der Waals surface area contributed by atoms with E-state index in [0.717, 1.165) is 12.8 Å². The molecular weight excluding hydrogens is 314 g/mol. The Morgan fingerprint density at radius 3 is 2.45 bits per heavy atom. The average Bonchev–Trinajstić information content (AvgIpc) is 2.83. The standard InChI is InChI=1S/C13H23NO3S3/c1-5-13(6-2,18-4)9-14-20(16,17)12-10(3)8-19-11(12)7-15/h8,14-15H,5-7,9H2,1-4H3. The van der Waals surface area contributed by atoms with Gasteiger partial charge >= 0.3 is 0 Å². The van der Waals surface area contributed by atoms with Gasteiger partial charge in [0.15, 0.2) is 0 Å². The second kappa shape index (κ2) is 7.26. The molecule has 0 spiro atoms. The summed E-state index contributed by atoms with van der Waals surface area (Å²) in [6, 6.07) is 0. The summed E-state index contributed by atoms with van der Waals surface area (Å²) in [5.41, 5.74) is 0.689. The first-order valence-electron chi connectivity index (χ1n) is 6.58.